The second kappa shape index (κ2) is 10.0. The molecule has 1 aromatic heterocycles. The molecule has 7 nitrogen and oxygen atoms in total. The predicted octanol–water partition coefficient (Wildman–Crippen LogP) is 2.84. The first-order chi connectivity index (χ1) is 15.2. The van der Waals surface area contributed by atoms with Crippen LogP contribution in [0, 0.1) is 0 Å². The first kappa shape index (κ1) is 20.8. The van der Waals surface area contributed by atoms with E-state index in [-0.39, 0.29) is 0 Å². The van der Waals surface area contributed by atoms with Gasteiger partial charge in [0, 0.05) is 70.5 Å². The minimum absolute atomic E-state index is 0.751. The molecule has 162 valence electrons. The summed E-state index contributed by atoms with van der Waals surface area (Å²) in [6.45, 7) is 5.34. The van der Waals surface area contributed by atoms with Crippen molar-refractivity contribution in [3.8, 4) is 5.75 Å². The van der Waals surface area contributed by atoms with E-state index in [2.05, 4.69) is 66.1 Å². The fourth-order valence-electron chi connectivity index (χ4n) is 3.93. The molecule has 3 aromatic rings. The standard InChI is InChI=1S/C24H30N6O/c1-25-24(27-17-20-5-3-6-21(15-20)18-28-10-9-26-19-28)30-13-11-29(12-14-30)22-7-4-8-23(16-22)31-2/h3-10,15-16,19H,11-14,17-18H2,1-2H3,(H,25,27). The van der Waals surface area contributed by atoms with Crippen molar-refractivity contribution in [3.05, 3.63) is 78.4 Å². The molecular formula is C24H30N6O. The second-order valence-corrected chi connectivity index (χ2v) is 7.63. The minimum Gasteiger partial charge on any atom is -0.497 e. The zero-order valence-electron chi connectivity index (χ0n) is 18.2. The third kappa shape index (κ3) is 5.36. The Morgan fingerprint density at radius 3 is 2.61 bits per heavy atom. The van der Waals surface area contributed by atoms with Crippen LogP contribution in [-0.2, 0) is 13.1 Å². The van der Waals surface area contributed by atoms with Crippen LogP contribution < -0.4 is 15.0 Å². The van der Waals surface area contributed by atoms with Gasteiger partial charge in [0.2, 0.25) is 0 Å². The Bertz CT molecular complexity index is 993. The lowest BCUT2D eigenvalue weighted by molar-refractivity contribution is 0.372. The van der Waals surface area contributed by atoms with Crippen LogP contribution in [0.2, 0.25) is 0 Å². The summed E-state index contributed by atoms with van der Waals surface area (Å²) in [7, 11) is 3.56. The lowest BCUT2D eigenvalue weighted by Crippen LogP contribution is -2.52. The van der Waals surface area contributed by atoms with Gasteiger partial charge >= 0.3 is 0 Å². The van der Waals surface area contributed by atoms with Gasteiger partial charge in [-0.1, -0.05) is 30.3 Å². The molecule has 0 spiro atoms. The van der Waals surface area contributed by atoms with Gasteiger partial charge in [0.15, 0.2) is 5.96 Å². The van der Waals surface area contributed by atoms with Crippen molar-refractivity contribution in [2.24, 2.45) is 4.99 Å². The fraction of sp³-hybridized carbons (Fsp3) is 0.333. The smallest absolute Gasteiger partial charge is 0.194 e. The van der Waals surface area contributed by atoms with Crippen molar-refractivity contribution in [3.63, 3.8) is 0 Å². The molecule has 2 aromatic carbocycles. The first-order valence-electron chi connectivity index (χ1n) is 10.6. The topological polar surface area (TPSA) is 57.9 Å². The number of methoxy groups -OCH3 is 1. The Balaban J connectivity index is 1.31. The molecule has 0 atom stereocenters. The molecule has 0 amide bonds. The van der Waals surface area contributed by atoms with Crippen LogP contribution in [0.3, 0.4) is 0 Å². The molecule has 1 N–H and O–H groups in total. The quantitative estimate of drug-likeness (QED) is 0.493. The summed E-state index contributed by atoms with van der Waals surface area (Å²) in [6.07, 6.45) is 5.64. The summed E-state index contributed by atoms with van der Waals surface area (Å²) in [6, 6.07) is 16.9. The lowest BCUT2D eigenvalue weighted by Gasteiger charge is -2.37. The molecule has 1 aliphatic heterocycles. The van der Waals surface area contributed by atoms with Crippen LogP contribution in [-0.4, -0.2) is 60.7 Å². The maximum Gasteiger partial charge on any atom is 0.194 e. The molecule has 31 heavy (non-hydrogen) atoms. The number of aliphatic imine (C=N–C) groups is 1. The number of rotatable bonds is 6. The van der Waals surface area contributed by atoms with Gasteiger partial charge in [0.05, 0.1) is 13.4 Å². The highest BCUT2D eigenvalue weighted by molar-refractivity contribution is 5.80. The van der Waals surface area contributed by atoms with Gasteiger partial charge in [-0.05, 0) is 23.3 Å². The number of guanidine groups is 1. The summed E-state index contributed by atoms with van der Waals surface area (Å²) in [5.41, 5.74) is 3.71. The maximum absolute atomic E-state index is 5.36. The number of hydrogen-bond acceptors (Lipinski definition) is 4. The number of benzene rings is 2. The van der Waals surface area contributed by atoms with Gasteiger partial charge in [-0.3, -0.25) is 4.99 Å². The van der Waals surface area contributed by atoms with Crippen LogP contribution in [0.5, 0.6) is 5.75 Å². The van der Waals surface area contributed by atoms with Crippen molar-refractivity contribution in [2.75, 3.05) is 45.2 Å². The number of imidazole rings is 1. The normalized spacial score (nSPS) is 14.6. The van der Waals surface area contributed by atoms with Gasteiger partial charge in [0.1, 0.15) is 5.75 Å². The predicted molar refractivity (Wildman–Crippen MR) is 125 cm³/mol. The van der Waals surface area contributed by atoms with E-state index in [1.807, 2.05) is 37.9 Å². The van der Waals surface area contributed by atoms with Gasteiger partial charge in [0.25, 0.3) is 0 Å². The fourth-order valence-corrected chi connectivity index (χ4v) is 3.93. The number of aromatic nitrogens is 2. The number of nitrogens with one attached hydrogen (secondary N) is 1. The van der Waals surface area contributed by atoms with E-state index in [0.29, 0.717) is 0 Å². The summed E-state index contributed by atoms with van der Waals surface area (Å²) in [5, 5.41) is 3.53. The van der Waals surface area contributed by atoms with Crippen molar-refractivity contribution in [1.82, 2.24) is 19.8 Å². The molecule has 0 bridgehead atoms. The molecule has 0 radical (unpaired) electrons. The van der Waals surface area contributed by atoms with Crippen LogP contribution in [0.15, 0.2) is 72.2 Å². The average Bonchev–Trinajstić information content (AvgIpc) is 3.33. The van der Waals surface area contributed by atoms with Crippen LogP contribution in [0.25, 0.3) is 0 Å². The Labute approximate surface area is 184 Å². The highest BCUT2D eigenvalue weighted by Crippen LogP contribution is 2.22. The Morgan fingerprint density at radius 1 is 1.06 bits per heavy atom. The van der Waals surface area contributed by atoms with Crippen molar-refractivity contribution in [1.29, 1.82) is 0 Å². The molecule has 4 rings (SSSR count). The molecule has 0 saturated carbocycles. The third-order valence-corrected chi connectivity index (χ3v) is 5.58. The molecule has 1 saturated heterocycles. The largest absolute Gasteiger partial charge is 0.497 e. The van der Waals surface area contributed by atoms with E-state index < -0.39 is 0 Å². The highest BCUT2D eigenvalue weighted by atomic mass is 16.5. The van der Waals surface area contributed by atoms with Crippen molar-refractivity contribution < 1.29 is 4.74 Å². The van der Waals surface area contributed by atoms with E-state index >= 15 is 0 Å². The van der Waals surface area contributed by atoms with Gasteiger partial charge in [-0.25, -0.2) is 4.98 Å². The first-order valence-corrected chi connectivity index (χ1v) is 10.6. The van der Waals surface area contributed by atoms with Gasteiger partial charge in [-0.15, -0.1) is 0 Å². The summed E-state index contributed by atoms with van der Waals surface area (Å²) in [4.78, 5) is 13.4. The van der Waals surface area contributed by atoms with E-state index in [0.717, 1.165) is 51.0 Å². The number of hydrogen-bond donors (Lipinski definition) is 1. The number of ether oxygens (including phenoxy) is 1. The van der Waals surface area contributed by atoms with E-state index in [1.54, 1.807) is 7.11 Å². The molecule has 0 unspecified atom stereocenters. The minimum atomic E-state index is 0.751. The molecule has 7 heteroatoms. The van der Waals surface area contributed by atoms with Gasteiger partial charge in [-0.2, -0.15) is 0 Å². The Hall–Kier alpha value is -3.48. The number of anilines is 1. The molecule has 1 fully saturated rings. The van der Waals surface area contributed by atoms with E-state index in [9.17, 15) is 0 Å². The zero-order valence-corrected chi connectivity index (χ0v) is 18.2. The van der Waals surface area contributed by atoms with Gasteiger partial charge < -0.3 is 24.4 Å². The maximum atomic E-state index is 5.36. The second-order valence-electron chi connectivity index (χ2n) is 7.63. The lowest BCUT2D eigenvalue weighted by atomic mass is 10.1. The van der Waals surface area contributed by atoms with E-state index in [4.69, 9.17) is 4.74 Å². The van der Waals surface area contributed by atoms with Crippen LogP contribution >= 0.6 is 0 Å². The van der Waals surface area contributed by atoms with Crippen molar-refractivity contribution in [2.45, 2.75) is 13.1 Å². The summed E-state index contributed by atoms with van der Waals surface area (Å²) < 4.78 is 7.44. The van der Waals surface area contributed by atoms with E-state index in [1.165, 1.54) is 16.8 Å². The third-order valence-electron chi connectivity index (χ3n) is 5.58. The Morgan fingerprint density at radius 2 is 1.87 bits per heavy atom. The molecular weight excluding hydrogens is 388 g/mol. The number of piperazine rings is 1. The SMILES string of the molecule is CN=C(NCc1cccc(Cn2ccnc2)c1)N1CCN(c2cccc(OC)c2)CC1. The monoisotopic (exact) mass is 418 g/mol. The molecule has 1 aliphatic rings. The van der Waals surface area contributed by atoms with Crippen molar-refractivity contribution >= 4 is 11.6 Å². The average molecular weight is 419 g/mol. The molecule has 2 heterocycles. The zero-order chi connectivity index (χ0) is 21.5. The molecule has 0 aliphatic carbocycles. The summed E-state index contributed by atoms with van der Waals surface area (Å²) >= 11 is 0. The van der Waals surface area contributed by atoms with Crippen LogP contribution in [0.1, 0.15) is 11.1 Å². The Kier molecular flexibility index (Phi) is 6.72. The summed E-state index contributed by atoms with van der Waals surface area (Å²) in [5.74, 6) is 1.85. The highest BCUT2D eigenvalue weighted by Gasteiger charge is 2.20. The number of nitrogens with zero attached hydrogens (tertiary/aromatic N) is 5. The van der Waals surface area contributed by atoms with Crippen LogP contribution in [0.4, 0.5) is 5.69 Å².